The minimum absolute atomic E-state index is 0.0478. The molecule has 0 aromatic heterocycles. The van der Waals surface area contributed by atoms with E-state index in [-0.39, 0.29) is 17.2 Å². The van der Waals surface area contributed by atoms with Crippen molar-refractivity contribution in [3.05, 3.63) is 0 Å². The maximum Gasteiger partial charge on any atom is 0.307 e. The second kappa shape index (κ2) is 5.29. The molecule has 2 saturated carbocycles. The largest absolute Gasteiger partial charge is 0.481 e. The molecule has 0 aliphatic heterocycles. The van der Waals surface area contributed by atoms with Gasteiger partial charge in [-0.2, -0.15) is 0 Å². The summed E-state index contributed by atoms with van der Waals surface area (Å²) >= 11 is 0. The Balaban J connectivity index is 1.83. The summed E-state index contributed by atoms with van der Waals surface area (Å²) in [5.74, 6) is -1.62. The van der Waals surface area contributed by atoms with Crippen LogP contribution in [0.5, 0.6) is 0 Å². The van der Waals surface area contributed by atoms with Crippen molar-refractivity contribution in [1.82, 2.24) is 5.32 Å². The van der Waals surface area contributed by atoms with E-state index in [9.17, 15) is 9.59 Å². The zero-order valence-corrected chi connectivity index (χ0v) is 11.1. The lowest BCUT2D eigenvalue weighted by Gasteiger charge is -2.34. The van der Waals surface area contributed by atoms with Gasteiger partial charge in [0.2, 0.25) is 5.91 Å². The van der Waals surface area contributed by atoms with Gasteiger partial charge in [0.05, 0.1) is 11.8 Å². The molecule has 2 unspecified atom stereocenters. The molecule has 102 valence electrons. The number of amides is 1. The maximum absolute atomic E-state index is 12.0. The lowest BCUT2D eigenvalue weighted by atomic mass is 9.73. The van der Waals surface area contributed by atoms with E-state index in [0.29, 0.717) is 6.42 Å². The number of carbonyl (C=O) groups is 2. The first kappa shape index (κ1) is 13.4. The Morgan fingerprint density at radius 1 is 1.22 bits per heavy atom. The van der Waals surface area contributed by atoms with Gasteiger partial charge < -0.3 is 10.4 Å². The second-order valence-corrected chi connectivity index (χ2v) is 5.91. The van der Waals surface area contributed by atoms with Gasteiger partial charge in [-0.3, -0.25) is 9.59 Å². The molecule has 1 amide bonds. The average molecular weight is 253 g/mol. The molecule has 0 radical (unpaired) electrons. The predicted octanol–water partition coefficient (Wildman–Crippen LogP) is 2.18. The number of rotatable bonds is 5. The van der Waals surface area contributed by atoms with Crippen LogP contribution in [0.15, 0.2) is 0 Å². The van der Waals surface area contributed by atoms with Crippen molar-refractivity contribution in [2.45, 2.75) is 51.9 Å². The molecule has 0 aromatic carbocycles. The monoisotopic (exact) mass is 253 g/mol. The molecule has 2 aliphatic rings. The van der Waals surface area contributed by atoms with Crippen LogP contribution >= 0.6 is 0 Å². The van der Waals surface area contributed by atoms with Gasteiger partial charge in [-0.05, 0) is 37.5 Å². The number of nitrogens with one attached hydrogen (secondary N) is 1. The van der Waals surface area contributed by atoms with Crippen LogP contribution < -0.4 is 5.32 Å². The van der Waals surface area contributed by atoms with Gasteiger partial charge >= 0.3 is 5.97 Å². The topological polar surface area (TPSA) is 66.4 Å². The van der Waals surface area contributed by atoms with Gasteiger partial charge in [-0.15, -0.1) is 0 Å². The average Bonchev–Trinajstić information content (AvgIpc) is 2.73. The Kier molecular flexibility index (Phi) is 3.93. The minimum Gasteiger partial charge on any atom is -0.481 e. The highest BCUT2D eigenvalue weighted by Gasteiger charge is 2.42. The summed E-state index contributed by atoms with van der Waals surface area (Å²) in [5, 5.41) is 12.0. The fraction of sp³-hybridized carbons (Fsp3) is 0.857. The number of hydrogen-bond donors (Lipinski definition) is 2. The number of carboxylic acid groups (broad SMARTS) is 1. The highest BCUT2D eigenvalue weighted by molar-refractivity contribution is 5.86. The third-order valence-electron chi connectivity index (χ3n) is 4.98. The molecule has 2 rings (SSSR count). The van der Waals surface area contributed by atoms with E-state index in [2.05, 4.69) is 12.2 Å². The summed E-state index contributed by atoms with van der Waals surface area (Å²) in [7, 11) is 0. The molecule has 4 nitrogen and oxygen atoms in total. The number of aliphatic carboxylic acids is 1. The van der Waals surface area contributed by atoms with Crippen LogP contribution in [0.1, 0.15) is 51.9 Å². The number of carboxylic acids is 1. The lowest BCUT2D eigenvalue weighted by molar-refractivity contribution is -0.152. The number of carbonyl (C=O) groups excluding carboxylic acids is 1. The van der Waals surface area contributed by atoms with Gasteiger partial charge in [0.15, 0.2) is 0 Å². The molecule has 0 aromatic rings. The van der Waals surface area contributed by atoms with Gasteiger partial charge in [-0.25, -0.2) is 0 Å². The molecule has 2 N–H and O–H groups in total. The van der Waals surface area contributed by atoms with E-state index in [4.69, 9.17) is 5.11 Å². The van der Waals surface area contributed by atoms with Crippen molar-refractivity contribution in [3.8, 4) is 0 Å². The summed E-state index contributed by atoms with van der Waals surface area (Å²) in [6, 6.07) is 0. The lowest BCUT2D eigenvalue weighted by Crippen LogP contribution is -2.46. The summed E-state index contributed by atoms with van der Waals surface area (Å²) in [6.45, 7) is 2.91. The van der Waals surface area contributed by atoms with Crippen LogP contribution in [0, 0.1) is 17.3 Å². The van der Waals surface area contributed by atoms with Crippen LogP contribution in [0.25, 0.3) is 0 Å². The van der Waals surface area contributed by atoms with Crippen LogP contribution in [-0.4, -0.2) is 23.5 Å². The second-order valence-electron chi connectivity index (χ2n) is 5.91. The van der Waals surface area contributed by atoms with E-state index in [1.807, 2.05) is 0 Å². The summed E-state index contributed by atoms with van der Waals surface area (Å²) in [4.78, 5) is 22.9. The van der Waals surface area contributed by atoms with E-state index in [1.165, 1.54) is 25.7 Å². The standard InChI is InChI=1S/C14H23NO3/c1-2-14(7-3-4-8-14)9-15-12(16)10-5-6-11(10)13(17)18/h10-11H,2-9H2,1H3,(H,15,16)(H,17,18). The fourth-order valence-corrected chi connectivity index (χ4v) is 3.30. The third kappa shape index (κ3) is 2.52. The van der Waals surface area contributed by atoms with Crippen LogP contribution in [0.3, 0.4) is 0 Å². The molecule has 2 atom stereocenters. The van der Waals surface area contributed by atoms with Crippen molar-refractivity contribution in [2.24, 2.45) is 17.3 Å². The zero-order valence-electron chi connectivity index (χ0n) is 11.1. The smallest absolute Gasteiger partial charge is 0.307 e. The molecular weight excluding hydrogens is 230 g/mol. The molecule has 0 saturated heterocycles. The first-order valence-electron chi connectivity index (χ1n) is 7.08. The van der Waals surface area contributed by atoms with E-state index >= 15 is 0 Å². The Hall–Kier alpha value is -1.06. The highest BCUT2D eigenvalue weighted by atomic mass is 16.4. The normalized spacial score (nSPS) is 29.6. The molecule has 0 heterocycles. The molecule has 4 heteroatoms. The fourth-order valence-electron chi connectivity index (χ4n) is 3.30. The molecule has 2 fully saturated rings. The van der Waals surface area contributed by atoms with Gasteiger partial charge in [0.25, 0.3) is 0 Å². The SMILES string of the molecule is CCC1(CNC(=O)C2CCC2C(=O)O)CCCC1. The molecular formula is C14H23NO3. The first-order valence-corrected chi connectivity index (χ1v) is 7.08. The summed E-state index contributed by atoms with van der Waals surface area (Å²) in [6.07, 6.45) is 7.36. The van der Waals surface area contributed by atoms with Crippen LogP contribution in [0.2, 0.25) is 0 Å². The molecule has 0 spiro atoms. The van der Waals surface area contributed by atoms with Crippen molar-refractivity contribution in [1.29, 1.82) is 0 Å². The third-order valence-corrected chi connectivity index (χ3v) is 4.98. The summed E-state index contributed by atoms with van der Waals surface area (Å²) in [5.41, 5.74) is 0.276. The van der Waals surface area contributed by atoms with E-state index in [1.54, 1.807) is 0 Å². The Morgan fingerprint density at radius 2 is 1.83 bits per heavy atom. The van der Waals surface area contributed by atoms with Crippen molar-refractivity contribution < 1.29 is 14.7 Å². The van der Waals surface area contributed by atoms with Crippen molar-refractivity contribution in [2.75, 3.05) is 6.54 Å². The minimum atomic E-state index is -0.826. The Morgan fingerprint density at radius 3 is 2.28 bits per heavy atom. The highest BCUT2D eigenvalue weighted by Crippen LogP contribution is 2.41. The van der Waals surface area contributed by atoms with E-state index < -0.39 is 11.9 Å². The predicted molar refractivity (Wildman–Crippen MR) is 68.1 cm³/mol. The van der Waals surface area contributed by atoms with Crippen molar-refractivity contribution in [3.63, 3.8) is 0 Å². The van der Waals surface area contributed by atoms with E-state index in [0.717, 1.165) is 19.4 Å². The maximum atomic E-state index is 12.0. The zero-order chi connectivity index (χ0) is 13.2. The molecule has 2 aliphatic carbocycles. The van der Waals surface area contributed by atoms with Crippen LogP contribution in [-0.2, 0) is 9.59 Å². The quantitative estimate of drug-likeness (QED) is 0.789. The van der Waals surface area contributed by atoms with Gasteiger partial charge in [0, 0.05) is 6.54 Å². The molecule has 18 heavy (non-hydrogen) atoms. The number of hydrogen-bond acceptors (Lipinski definition) is 2. The Bertz CT molecular complexity index is 334. The first-order chi connectivity index (χ1) is 8.58. The summed E-state index contributed by atoms with van der Waals surface area (Å²) < 4.78 is 0. The molecule has 0 bridgehead atoms. The van der Waals surface area contributed by atoms with Gasteiger partial charge in [0.1, 0.15) is 0 Å². The van der Waals surface area contributed by atoms with Gasteiger partial charge in [-0.1, -0.05) is 19.8 Å². The van der Waals surface area contributed by atoms with Crippen LogP contribution in [0.4, 0.5) is 0 Å². The Labute approximate surface area is 108 Å². The van der Waals surface area contributed by atoms with Crippen molar-refractivity contribution >= 4 is 11.9 Å².